The molecule has 1 aromatic rings. The molecule has 1 saturated heterocycles. The van der Waals surface area contributed by atoms with Crippen molar-refractivity contribution < 1.29 is 32.2 Å². The summed E-state index contributed by atoms with van der Waals surface area (Å²) in [4.78, 5) is 23.6. The Morgan fingerprint density at radius 3 is 2.32 bits per heavy atom. The highest BCUT2D eigenvalue weighted by atomic mass is 32.2. The van der Waals surface area contributed by atoms with E-state index >= 15 is 0 Å². The van der Waals surface area contributed by atoms with Crippen LogP contribution in [0.15, 0.2) is 34.9 Å². The molecule has 0 bridgehead atoms. The third-order valence-electron chi connectivity index (χ3n) is 4.26. The van der Waals surface area contributed by atoms with E-state index in [1.807, 2.05) is 0 Å². The average molecular weight is 412 g/mol. The molecule has 0 spiro atoms. The molecule has 1 aliphatic rings. The molecule has 0 aromatic heterocycles. The fourth-order valence-electron chi connectivity index (χ4n) is 2.78. The van der Waals surface area contributed by atoms with Crippen molar-refractivity contribution in [3.63, 3.8) is 0 Å². The lowest BCUT2D eigenvalue weighted by Crippen LogP contribution is -2.35. The van der Waals surface area contributed by atoms with Gasteiger partial charge in [0.2, 0.25) is 10.0 Å². The Labute approximate surface area is 164 Å². The maximum absolute atomic E-state index is 12.9. The van der Waals surface area contributed by atoms with Crippen molar-refractivity contribution in [2.75, 3.05) is 39.7 Å². The molecule has 0 amide bonds. The van der Waals surface area contributed by atoms with Crippen molar-refractivity contribution in [2.24, 2.45) is 0 Å². The highest BCUT2D eigenvalue weighted by molar-refractivity contribution is 7.89. The molecule has 0 unspecified atom stereocenters. The van der Waals surface area contributed by atoms with Gasteiger partial charge < -0.3 is 19.5 Å². The SMILES string of the molecule is COC(=O)/C=C(/Nc1cc(S(=O)(=O)N2CCCCC2)ccc1OC)C(=O)OC. The third kappa shape index (κ3) is 5.02. The van der Waals surface area contributed by atoms with Gasteiger partial charge in [-0.05, 0) is 31.0 Å². The zero-order chi connectivity index (χ0) is 20.7. The van der Waals surface area contributed by atoms with Gasteiger partial charge in [-0.25, -0.2) is 18.0 Å². The van der Waals surface area contributed by atoms with Gasteiger partial charge in [-0.2, -0.15) is 4.31 Å². The second kappa shape index (κ2) is 9.56. The molecule has 0 aliphatic carbocycles. The molecule has 1 aliphatic heterocycles. The number of nitrogens with one attached hydrogen (secondary N) is 1. The van der Waals surface area contributed by atoms with E-state index in [2.05, 4.69) is 14.8 Å². The summed E-state index contributed by atoms with van der Waals surface area (Å²) in [6.07, 6.45) is 3.54. The fraction of sp³-hybridized carbons (Fsp3) is 0.444. The van der Waals surface area contributed by atoms with Gasteiger partial charge in [-0.3, -0.25) is 0 Å². The zero-order valence-electron chi connectivity index (χ0n) is 16.1. The Morgan fingerprint density at radius 1 is 1.07 bits per heavy atom. The number of methoxy groups -OCH3 is 3. The highest BCUT2D eigenvalue weighted by Crippen LogP contribution is 2.31. The smallest absolute Gasteiger partial charge is 0.354 e. The maximum atomic E-state index is 12.9. The lowest BCUT2D eigenvalue weighted by Gasteiger charge is -2.26. The lowest BCUT2D eigenvalue weighted by molar-refractivity contribution is -0.138. The molecule has 1 aromatic carbocycles. The number of esters is 2. The molecule has 0 atom stereocenters. The summed E-state index contributed by atoms with van der Waals surface area (Å²) in [5, 5.41) is 2.71. The van der Waals surface area contributed by atoms with Crippen LogP contribution < -0.4 is 10.1 Å². The van der Waals surface area contributed by atoms with Crippen LogP contribution in [-0.4, -0.2) is 59.1 Å². The van der Waals surface area contributed by atoms with Gasteiger partial charge in [0, 0.05) is 13.1 Å². The predicted octanol–water partition coefficient (Wildman–Crippen LogP) is 1.51. The molecule has 0 radical (unpaired) electrons. The molecular formula is C18H24N2O7S. The first-order valence-corrected chi connectivity index (χ1v) is 10.1. The third-order valence-corrected chi connectivity index (χ3v) is 6.16. The summed E-state index contributed by atoms with van der Waals surface area (Å²) >= 11 is 0. The first-order chi connectivity index (χ1) is 13.3. The van der Waals surface area contributed by atoms with Crippen LogP contribution in [0.2, 0.25) is 0 Å². The molecule has 2 rings (SSSR count). The Bertz CT molecular complexity index is 859. The zero-order valence-corrected chi connectivity index (χ0v) is 16.9. The summed E-state index contributed by atoms with van der Waals surface area (Å²) in [6, 6.07) is 4.28. The largest absolute Gasteiger partial charge is 0.495 e. The van der Waals surface area contributed by atoms with Crippen LogP contribution in [0.1, 0.15) is 19.3 Å². The first-order valence-electron chi connectivity index (χ1n) is 8.66. The van der Waals surface area contributed by atoms with Crippen LogP contribution in [0.4, 0.5) is 5.69 Å². The Hall–Kier alpha value is -2.59. The highest BCUT2D eigenvalue weighted by Gasteiger charge is 2.27. The molecule has 1 N–H and O–H groups in total. The quantitative estimate of drug-likeness (QED) is 0.530. The van der Waals surface area contributed by atoms with E-state index in [1.54, 1.807) is 0 Å². The van der Waals surface area contributed by atoms with E-state index in [9.17, 15) is 18.0 Å². The number of sulfonamides is 1. The van der Waals surface area contributed by atoms with Crippen molar-refractivity contribution >= 4 is 27.6 Å². The van der Waals surface area contributed by atoms with E-state index in [0.29, 0.717) is 13.1 Å². The van der Waals surface area contributed by atoms with Gasteiger partial charge >= 0.3 is 11.9 Å². The Kier molecular flexibility index (Phi) is 7.41. The molecule has 9 nitrogen and oxygen atoms in total. The molecule has 1 heterocycles. The molecule has 1 fully saturated rings. The van der Waals surface area contributed by atoms with Gasteiger partial charge in [0.1, 0.15) is 11.4 Å². The first kappa shape index (κ1) is 21.7. The maximum Gasteiger partial charge on any atom is 0.354 e. The average Bonchev–Trinajstić information content (AvgIpc) is 2.72. The van der Waals surface area contributed by atoms with Crippen LogP contribution in [-0.2, 0) is 29.1 Å². The molecular weight excluding hydrogens is 388 g/mol. The predicted molar refractivity (Wildman–Crippen MR) is 101 cm³/mol. The van der Waals surface area contributed by atoms with Crippen LogP contribution in [0.3, 0.4) is 0 Å². The number of hydrogen-bond donors (Lipinski definition) is 1. The number of nitrogens with zero attached hydrogens (tertiary/aromatic N) is 1. The van der Waals surface area contributed by atoms with Crippen LogP contribution >= 0.6 is 0 Å². The van der Waals surface area contributed by atoms with Gasteiger partial charge in [0.15, 0.2) is 0 Å². The number of rotatable bonds is 7. The number of carbonyl (C=O) groups is 2. The number of hydrogen-bond acceptors (Lipinski definition) is 8. The van der Waals surface area contributed by atoms with E-state index < -0.39 is 22.0 Å². The number of carbonyl (C=O) groups excluding carboxylic acids is 2. The summed E-state index contributed by atoms with van der Waals surface area (Å²) in [5.74, 6) is -1.31. The van der Waals surface area contributed by atoms with Crippen molar-refractivity contribution in [2.45, 2.75) is 24.2 Å². The van der Waals surface area contributed by atoms with Crippen molar-refractivity contribution in [1.82, 2.24) is 4.31 Å². The van der Waals surface area contributed by atoms with E-state index in [-0.39, 0.29) is 22.0 Å². The second-order valence-electron chi connectivity index (χ2n) is 6.02. The normalized spacial score (nSPS) is 15.6. The van der Waals surface area contributed by atoms with E-state index in [1.165, 1.54) is 36.7 Å². The fourth-order valence-corrected chi connectivity index (χ4v) is 4.32. The van der Waals surface area contributed by atoms with Crippen molar-refractivity contribution in [3.05, 3.63) is 30.0 Å². The summed E-state index contributed by atoms with van der Waals surface area (Å²) in [6.45, 7) is 0.930. The Balaban J connectivity index is 2.42. The number of anilines is 1. The van der Waals surface area contributed by atoms with Gasteiger partial charge in [0.05, 0.1) is 38.0 Å². The minimum atomic E-state index is -3.69. The minimum absolute atomic E-state index is 0.0555. The van der Waals surface area contributed by atoms with Gasteiger partial charge in [-0.1, -0.05) is 6.42 Å². The molecule has 0 saturated carbocycles. The number of ether oxygens (including phenoxy) is 3. The topological polar surface area (TPSA) is 111 Å². The summed E-state index contributed by atoms with van der Waals surface area (Å²) in [7, 11) is 0.0387. The summed E-state index contributed by atoms with van der Waals surface area (Å²) in [5.41, 5.74) is -0.0266. The standard InChI is InChI=1S/C18H24N2O7S/c1-25-16-8-7-13(28(23,24)20-9-5-4-6-10-20)11-14(16)19-15(18(22)27-3)12-17(21)26-2/h7-8,11-12,19H,4-6,9-10H2,1-3H3/b15-12+. The van der Waals surface area contributed by atoms with Gasteiger partial charge in [0.25, 0.3) is 0 Å². The van der Waals surface area contributed by atoms with Gasteiger partial charge in [-0.15, -0.1) is 0 Å². The van der Waals surface area contributed by atoms with Crippen LogP contribution in [0, 0.1) is 0 Å². The Morgan fingerprint density at radius 2 is 1.75 bits per heavy atom. The van der Waals surface area contributed by atoms with Crippen molar-refractivity contribution in [1.29, 1.82) is 0 Å². The molecule has 10 heteroatoms. The van der Waals surface area contributed by atoms with Crippen LogP contribution in [0.5, 0.6) is 5.75 Å². The van der Waals surface area contributed by atoms with E-state index in [0.717, 1.165) is 32.4 Å². The van der Waals surface area contributed by atoms with E-state index in [4.69, 9.17) is 4.74 Å². The summed E-state index contributed by atoms with van der Waals surface area (Å²) < 4.78 is 41.7. The number of benzene rings is 1. The molecule has 28 heavy (non-hydrogen) atoms. The monoisotopic (exact) mass is 412 g/mol. The van der Waals surface area contributed by atoms with Crippen LogP contribution in [0.25, 0.3) is 0 Å². The number of piperidine rings is 1. The molecule has 154 valence electrons. The second-order valence-corrected chi connectivity index (χ2v) is 7.96. The lowest BCUT2D eigenvalue weighted by atomic mass is 10.2. The van der Waals surface area contributed by atoms with Crippen molar-refractivity contribution in [3.8, 4) is 5.75 Å². The minimum Gasteiger partial charge on any atom is -0.495 e.